The van der Waals surface area contributed by atoms with Crippen LogP contribution in [0.25, 0.3) is 0 Å². The van der Waals surface area contributed by atoms with Crippen molar-refractivity contribution in [1.29, 1.82) is 0 Å². The molecule has 0 aliphatic rings. The first-order chi connectivity index (χ1) is 15.5. The molecule has 2 aromatic carbocycles. The van der Waals surface area contributed by atoms with Gasteiger partial charge in [-0.25, -0.2) is 0 Å². The van der Waals surface area contributed by atoms with Crippen LogP contribution in [0.3, 0.4) is 0 Å². The topological polar surface area (TPSA) is 76.6 Å². The lowest BCUT2D eigenvalue weighted by Crippen LogP contribution is -2.38. The Morgan fingerprint density at radius 1 is 1.00 bits per heavy atom. The molecule has 0 saturated carbocycles. The number of nitrogens with one attached hydrogen (secondary N) is 2. The number of likely N-dealkylation sites (N-methyl/N-ethyl adjacent to an activating group) is 1. The second-order valence-electron chi connectivity index (χ2n) is 7.39. The molecule has 0 aliphatic carbocycles. The van der Waals surface area contributed by atoms with Gasteiger partial charge >= 0.3 is 0 Å². The molecule has 2 N–H and O–H groups in total. The summed E-state index contributed by atoms with van der Waals surface area (Å²) in [5, 5.41) is 6.74. The van der Waals surface area contributed by atoms with Gasteiger partial charge in [-0.1, -0.05) is 12.1 Å². The van der Waals surface area contributed by atoms with Crippen molar-refractivity contribution in [2.24, 2.45) is 4.99 Å². The highest BCUT2D eigenvalue weighted by Crippen LogP contribution is 2.31. The minimum atomic E-state index is 0. The third-order valence-corrected chi connectivity index (χ3v) is 4.96. The van der Waals surface area contributed by atoms with Crippen molar-refractivity contribution < 1.29 is 18.9 Å². The van der Waals surface area contributed by atoms with Gasteiger partial charge < -0.3 is 34.5 Å². The molecule has 8 nitrogen and oxygen atoms in total. The fourth-order valence-electron chi connectivity index (χ4n) is 3.22. The molecule has 0 fully saturated rings. The van der Waals surface area contributed by atoms with Crippen LogP contribution in [0.15, 0.2) is 47.5 Å². The Kier molecular flexibility index (Phi) is 13.6. The minimum Gasteiger partial charge on any atom is -0.493 e. The Morgan fingerprint density at radius 3 is 2.39 bits per heavy atom. The van der Waals surface area contributed by atoms with E-state index >= 15 is 0 Å². The van der Waals surface area contributed by atoms with Crippen LogP contribution in [-0.4, -0.2) is 73.1 Å². The molecule has 2 rings (SSSR count). The molecule has 33 heavy (non-hydrogen) atoms. The van der Waals surface area contributed by atoms with E-state index in [0.29, 0.717) is 37.2 Å². The number of ether oxygens (including phenoxy) is 4. The summed E-state index contributed by atoms with van der Waals surface area (Å²) >= 11 is 0. The maximum atomic E-state index is 5.78. The van der Waals surface area contributed by atoms with E-state index in [4.69, 9.17) is 18.9 Å². The number of halogens is 1. The Labute approximate surface area is 214 Å². The number of aliphatic imine (C=N–C) groups is 1. The van der Waals surface area contributed by atoms with Crippen molar-refractivity contribution in [3.8, 4) is 17.2 Å². The van der Waals surface area contributed by atoms with Gasteiger partial charge in [-0.3, -0.25) is 4.99 Å². The van der Waals surface area contributed by atoms with Crippen LogP contribution >= 0.6 is 24.0 Å². The van der Waals surface area contributed by atoms with Crippen LogP contribution < -0.4 is 24.8 Å². The van der Waals surface area contributed by atoms with E-state index in [1.54, 1.807) is 28.4 Å². The molecule has 9 heteroatoms. The molecule has 2 aromatic rings. The zero-order valence-corrected chi connectivity index (χ0v) is 22.7. The van der Waals surface area contributed by atoms with Crippen molar-refractivity contribution in [2.75, 3.05) is 67.5 Å². The summed E-state index contributed by atoms with van der Waals surface area (Å²) in [5.41, 5.74) is 2.01. The highest BCUT2D eigenvalue weighted by Gasteiger charge is 2.17. The summed E-state index contributed by atoms with van der Waals surface area (Å²) in [4.78, 5) is 6.51. The second-order valence-corrected chi connectivity index (χ2v) is 7.39. The maximum Gasteiger partial charge on any atom is 0.195 e. The average Bonchev–Trinajstić information content (AvgIpc) is 2.81. The summed E-state index contributed by atoms with van der Waals surface area (Å²) in [7, 11) is 10.8. The highest BCUT2D eigenvalue weighted by atomic mass is 127. The fraction of sp³-hybridized carbons (Fsp3) is 0.458. The molecule has 184 valence electrons. The highest BCUT2D eigenvalue weighted by molar-refractivity contribution is 14.0. The Morgan fingerprint density at radius 2 is 1.76 bits per heavy atom. The molecule has 0 spiro atoms. The Hall–Kier alpha value is -2.24. The van der Waals surface area contributed by atoms with Crippen molar-refractivity contribution in [2.45, 2.75) is 12.5 Å². The summed E-state index contributed by atoms with van der Waals surface area (Å²) in [6.45, 7) is 1.94. The van der Waals surface area contributed by atoms with Crippen LogP contribution in [0.5, 0.6) is 17.2 Å². The number of hydrogen-bond acceptors (Lipinski definition) is 6. The zero-order valence-electron chi connectivity index (χ0n) is 20.4. The van der Waals surface area contributed by atoms with Gasteiger partial charge in [0.15, 0.2) is 17.5 Å². The first-order valence-corrected chi connectivity index (χ1v) is 10.6. The van der Waals surface area contributed by atoms with Gasteiger partial charge in [0.1, 0.15) is 5.75 Å². The van der Waals surface area contributed by atoms with Gasteiger partial charge in [0.25, 0.3) is 0 Å². The van der Waals surface area contributed by atoms with E-state index < -0.39 is 0 Å². The number of hydrogen-bond donors (Lipinski definition) is 2. The van der Waals surface area contributed by atoms with Crippen LogP contribution in [-0.2, 0) is 4.74 Å². The molecule has 1 atom stereocenters. The van der Waals surface area contributed by atoms with Gasteiger partial charge in [-0.05, 0) is 43.9 Å². The van der Waals surface area contributed by atoms with Crippen LogP contribution in [0.2, 0.25) is 0 Å². The monoisotopic (exact) mass is 572 g/mol. The lowest BCUT2D eigenvalue weighted by molar-refractivity contribution is 0.172. The van der Waals surface area contributed by atoms with Crippen molar-refractivity contribution in [3.05, 3.63) is 48.0 Å². The molecule has 0 bridgehead atoms. The summed E-state index contributed by atoms with van der Waals surface area (Å²) in [6, 6.07) is 13.9. The molecule has 0 amide bonds. The number of guanidine groups is 1. The predicted molar refractivity (Wildman–Crippen MR) is 145 cm³/mol. The van der Waals surface area contributed by atoms with Gasteiger partial charge in [0.2, 0.25) is 0 Å². The Bertz CT molecular complexity index is 864. The van der Waals surface area contributed by atoms with E-state index in [0.717, 1.165) is 23.4 Å². The van der Waals surface area contributed by atoms with E-state index in [1.165, 1.54) is 0 Å². The first kappa shape index (κ1) is 28.8. The van der Waals surface area contributed by atoms with Gasteiger partial charge in [-0.2, -0.15) is 0 Å². The minimum absolute atomic E-state index is 0. The van der Waals surface area contributed by atoms with E-state index in [-0.39, 0.29) is 30.0 Å². The van der Waals surface area contributed by atoms with Crippen molar-refractivity contribution in [3.63, 3.8) is 0 Å². The van der Waals surface area contributed by atoms with Crippen LogP contribution in [0.4, 0.5) is 5.69 Å². The van der Waals surface area contributed by atoms with Crippen LogP contribution in [0, 0.1) is 0 Å². The zero-order chi connectivity index (χ0) is 23.3. The van der Waals surface area contributed by atoms with Gasteiger partial charge in [0.05, 0.1) is 26.9 Å². The molecule has 0 aromatic heterocycles. The molecule has 0 radical (unpaired) electrons. The SMILES string of the molecule is CN=C(NCC(c1ccc(OC)c(OC)c1)N(C)C)Nc1cccc(OCCCOC)c1.I. The fourth-order valence-corrected chi connectivity index (χ4v) is 3.22. The molecule has 1 unspecified atom stereocenters. The smallest absolute Gasteiger partial charge is 0.195 e. The third kappa shape index (κ3) is 9.26. The lowest BCUT2D eigenvalue weighted by Gasteiger charge is -2.26. The van der Waals surface area contributed by atoms with Crippen molar-refractivity contribution in [1.82, 2.24) is 10.2 Å². The van der Waals surface area contributed by atoms with Crippen LogP contribution in [0.1, 0.15) is 18.0 Å². The second kappa shape index (κ2) is 15.6. The molecule has 0 aliphatic heterocycles. The molecular weight excluding hydrogens is 535 g/mol. The summed E-state index contributed by atoms with van der Waals surface area (Å²) in [5.74, 6) is 2.90. The van der Waals surface area contributed by atoms with E-state index in [2.05, 4.69) is 20.5 Å². The molecular formula is C24H37IN4O4. The summed E-state index contributed by atoms with van der Waals surface area (Å²) < 4.78 is 21.7. The third-order valence-electron chi connectivity index (χ3n) is 4.96. The first-order valence-electron chi connectivity index (χ1n) is 10.6. The van der Waals surface area contributed by atoms with Gasteiger partial charge in [-0.15, -0.1) is 24.0 Å². The number of rotatable bonds is 12. The number of benzene rings is 2. The van der Waals surface area contributed by atoms with E-state index in [1.807, 2.05) is 56.6 Å². The van der Waals surface area contributed by atoms with Crippen molar-refractivity contribution >= 4 is 35.6 Å². The summed E-state index contributed by atoms with van der Waals surface area (Å²) in [6.07, 6.45) is 0.847. The number of anilines is 1. The predicted octanol–water partition coefficient (Wildman–Crippen LogP) is 4.03. The standard InChI is InChI=1S/C24H36N4O4.HI/c1-25-24(27-19-9-7-10-20(16-19)32-14-8-13-29-4)26-17-21(28(2)3)18-11-12-22(30-5)23(15-18)31-6;/h7,9-12,15-16,21H,8,13-14,17H2,1-6H3,(H2,25,26,27);1H. The largest absolute Gasteiger partial charge is 0.493 e. The number of methoxy groups -OCH3 is 3. The molecule has 0 saturated heterocycles. The maximum absolute atomic E-state index is 5.78. The Balaban J connectivity index is 0.00000544. The van der Waals surface area contributed by atoms with E-state index in [9.17, 15) is 0 Å². The molecule has 0 heterocycles. The lowest BCUT2D eigenvalue weighted by atomic mass is 10.1. The van der Waals surface area contributed by atoms with Gasteiger partial charge in [0, 0.05) is 45.5 Å². The normalized spacial score (nSPS) is 12.0. The average molecular weight is 572 g/mol. The quantitative estimate of drug-likeness (QED) is 0.172. The number of nitrogens with zero attached hydrogens (tertiary/aromatic N) is 2.